The summed E-state index contributed by atoms with van der Waals surface area (Å²) in [7, 11) is 6.42. The van der Waals surface area contributed by atoms with Crippen molar-refractivity contribution >= 4 is 47.4 Å². The molecule has 8 N–H and O–H groups in total. The summed E-state index contributed by atoms with van der Waals surface area (Å²) >= 11 is 0. The Labute approximate surface area is 415 Å². The lowest BCUT2D eigenvalue weighted by atomic mass is 9.89. The SMILES string of the molecule is CC[C@H](C)[C@@H]([C@@H](CC(=O)N1CCC[C@H]1[C@H](OC)[C@@H](C)C(=O)N[C@@H](Cc1ccccc1)C(=O)NCCCOC(=O)[C@H](C)NC(=O)CCC(N)C(=O)O)OC)N(C)C(=O)[C@@H](NC(=O)[C@@H](NC)C(C)C)C(C)C. The van der Waals surface area contributed by atoms with Gasteiger partial charge in [0.15, 0.2) is 0 Å². The summed E-state index contributed by atoms with van der Waals surface area (Å²) < 4.78 is 17.3. The fourth-order valence-electron chi connectivity index (χ4n) is 8.90. The van der Waals surface area contributed by atoms with Gasteiger partial charge in [-0.3, -0.25) is 33.6 Å². The number of rotatable bonds is 31. The van der Waals surface area contributed by atoms with Crippen molar-refractivity contribution < 1.29 is 57.7 Å². The van der Waals surface area contributed by atoms with Crippen LogP contribution in [0.3, 0.4) is 0 Å². The zero-order valence-corrected chi connectivity index (χ0v) is 43.6. The van der Waals surface area contributed by atoms with Crippen LogP contribution in [0, 0.1) is 23.7 Å². The number of aliphatic carboxylic acids is 1. The smallest absolute Gasteiger partial charge is 0.328 e. The van der Waals surface area contributed by atoms with E-state index in [0.29, 0.717) is 25.8 Å². The summed E-state index contributed by atoms with van der Waals surface area (Å²) in [5.41, 5.74) is 6.24. The monoisotopic (exact) mass is 989 g/mol. The van der Waals surface area contributed by atoms with Gasteiger partial charge in [-0.25, -0.2) is 4.79 Å². The second-order valence-corrected chi connectivity index (χ2v) is 19.2. The number of nitrogens with one attached hydrogen (secondary N) is 5. The summed E-state index contributed by atoms with van der Waals surface area (Å²) in [6, 6.07) is 3.69. The Bertz CT molecular complexity index is 1850. The Morgan fingerprint density at radius 3 is 2.07 bits per heavy atom. The molecule has 0 bridgehead atoms. The highest BCUT2D eigenvalue weighted by molar-refractivity contribution is 5.91. The number of carboxylic acid groups (broad SMARTS) is 1. The number of esters is 1. The van der Waals surface area contributed by atoms with E-state index in [1.807, 2.05) is 71.9 Å². The molecule has 1 aliphatic heterocycles. The van der Waals surface area contributed by atoms with Gasteiger partial charge in [0.1, 0.15) is 24.2 Å². The number of carboxylic acids is 1. The van der Waals surface area contributed by atoms with E-state index >= 15 is 0 Å². The van der Waals surface area contributed by atoms with Gasteiger partial charge in [0.25, 0.3) is 0 Å². The minimum absolute atomic E-state index is 0.00598. The third-order valence-electron chi connectivity index (χ3n) is 13.3. The van der Waals surface area contributed by atoms with Crippen molar-refractivity contribution in [1.29, 1.82) is 0 Å². The number of hydrogen-bond acceptors (Lipinski definition) is 13. The molecule has 20 nitrogen and oxygen atoms in total. The average molecular weight is 989 g/mol. The lowest BCUT2D eigenvalue weighted by Gasteiger charge is -2.41. The molecular weight excluding hydrogens is 905 g/mol. The Kier molecular flexibility index (Phi) is 26.6. The van der Waals surface area contributed by atoms with Gasteiger partial charge in [-0.2, -0.15) is 0 Å². The molecule has 0 radical (unpaired) electrons. The highest BCUT2D eigenvalue weighted by Gasteiger charge is 2.43. The van der Waals surface area contributed by atoms with E-state index in [9.17, 15) is 38.4 Å². The maximum absolute atomic E-state index is 14.4. The van der Waals surface area contributed by atoms with Crippen LogP contribution in [0.1, 0.15) is 106 Å². The van der Waals surface area contributed by atoms with E-state index in [-0.39, 0.29) is 80.7 Å². The van der Waals surface area contributed by atoms with Gasteiger partial charge in [0, 0.05) is 47.2 Å². The molecule has 1 unspecified atom stereocenters. The van der Waals surface area contributed by atoms with E-state index in [1.54, 1.807) is 30.8 Å². The molecule has 1 heterocycles. The number of nitrogens with two attached hydrogens (primary N) is 1. The topological polar surface area (TPSA) is 277 Å². The third-order valence-corrected chi connectivity index (χ3v) is 13.3. The molecule has 0 aliphatic carbocycles. The minimum Gasteiger partial charge on any atom is -0.480 e. The van der Waals surface area contributed by atoms with Crippen LogP contribution in [0.25, 0.3) is 0 Å². The molecule has 20 heteroatoms. The fraction of sp³-hybridized carbons (Fsp3) is 0.720. The number of ether oxygens (including phenoxy) is 3. The number of benzene rings is 1. The fourth-order valence-corrected chi connectivity index (χ4v) is 8.90. The zero-order valence-electron chi connectivity index (χ0n) is 43.6. The number of hydrogen-bond donors (Lipinski definition) is 7. The van der Waals surface area contributed by atoms with Crippen LogP contribution < -0.4 is 32.3 Å². The number of amides is 6. The highest BCUT2D eigenvalue weighted by atomic mass is 16.5. The summed E-state index contributed by atoms with van der Waals surface area (Å²) in [5, 5.41) is 23.1. The van der Waals surface area contributed by atoms with E-state index in [1.165, 1.54) is 21.1 Å². The number of carbonyl (C=O) groups is 8. The van der Waals surface area contributed by atoms with Crippen molar-refractivity contribution in [2.45, 2.75) is 161 Å². The number of likely N-dealkylation sites (N-methyl/N-ethyl adjacent to an activating group) is 2. The van der Waals surface area contributed by atoms with Gasteiger partial charge >= 0.3 is 11.9 Å². The first-order valence-electron chi connectivity index (χ1n) is 24.7. The third kappa shape index (κ3) is 18.5. The molecule has 0 saturated carbocycles. The van der Waals surface area contributed by atoms with Gasteiger partial charge in [-0.1, -0.05) is 85.2 Å². The van der Waals surface area contributed by atoms with Crippen molar-refractivity contribution in [3.8, 4) is 0 Å². The highest BCUT2D eigenvalue weighted by Crippen LogP contribution is 2.30. The normalized spacial score (nSPS) is 18.0. The summed E-state index contributed by atoms with van der Waals surface area (Å²) in [6.07, 6.45) is 0.553. The predicted octanol–water partition coefficient (Wildman–Crippen LogP) is 1.77. The number of likely N-dealkylation sites (tertiary alicyclic amines) is 1. The molecule has 0 spiro atoms. The van der Waals surface area contributed by atoms with Crippen molar-refractivity contribution in [2.75, 3.05) is 48.0 Å². The Morgan fingerprint density at radius 2 is 1.51 bits per heavy atom. The van der Waals surface area contributed by atoms with Crippen LogP contribution >= 0.6 is 0 Å². The first-order chi connectivity index (χ1) is 33.0. The van der Waals surface area contributed by atoms with E-state index in [0.717, 1.165) is 5.56 Å². The Hall–Kier alpha value is -5.18. The van der Waals surface area contributed by atoms with Gasteiger partial charge in [0.05, 0.1) is 49.3 Å². The molecule has 2 rings (SSSR count). The van der Waals surface area contributed by atoms with Crippen molar-refractivity contribution in [2.24, 2.45) is 29.4 Å². The van der Waals surface area contributed by atoms with E-state index in [4.69, 9.17) is 25.1 Å². The van der Waals surface area contributed by atoms with E-state index < -0.39 is 90.1 Å². The van der Waals surface area contributed by atoms with Crippen LogP contribution in [0.4, 0.5) is 0 Å². The van der Waals surface area contributed by atoms with Gasteiger partial charge in [-0.05, 0) is 63.0 Å². The number of methoxy groups -OCH3 is 2. The number of nitrogens with zero attached hydrogens (tertiary/aromatic N) is 2. The average Bonchev–Trinajstić information content (AvgIpc) is 3.81. The quantitative estimate of drug-likeness (QED) is 0.0413. The second kappa shape index (κ2) is 30.5. The molecule has 1 aromatic carbocycles. The minimum atomic E-state index is -1.23. The molecule has 6 amide bonds. The lowest BCUT2D eigenvalue weighted by Crippen LogP contribution is -2.59. The lowest BCUT2D eigenvalue weighted by molar-refractivity contribution is -0.148. The molecule has 11 atom stereocenters. The molecule has 70 heavy (non-hydrogen) atoms. The summed E-state index contributed by atoms with van der Waals surface area (Å²) in [5.74, 6) is -5.30. The molecule has 1 aromatic rings. The van der Waals surface area contributed by atoms with Crippen LogP contribution in [0.2, 0.25) is 0 Å². The van der Waals surface area contributed by atoms with Gasteiger partial charge in [0.2, 0.25) is 35.4 Å². The van der Waals surface area contributed by atoms with E-state index in [2.05, 4.69) is 26.6 Å². The maximum atomic E-state index is 14.4. The first-order valence-corrected chi connectivity index (χ1v) is 24.7. The molecular formula is C50H84N8O12. The van der Waals surface area contributed by atoms with Crippen molar-refractivity contribution in [3.05, 3.63) is 35.9 Å². The number of carbonyl (C=O) groups excluding carboxylic acids is 7. The van der Waals surface area contributed by atoms with Crippen LogP contribution in [0.15, 0.2) is 30.3 Å². The van der Waals surface area contributed by atoms with Crippen molar-refractivity contribution in [3.63, 3.8) is 0 Å². The predicted molar refractivity (Wildman–Crippen MR) is 264 cm³/mol. The molecule has 396 valence electrons. The molecule has 1 saturated heterocycles. The van der Waals surface area contributed by atoms with Crippen molar-refractivity contribution in [1.82, 2.24) is 36.4 Å². The Morgan fingerprint density at radius 1 is 0.871 bits per heavy atom. The molecule has 0 aromatic heterocycles. The first kappa shape index (κ1) is 60.9. The van der Waals surface area contributed by atoms with Crippen LogP contribution in [-0.2, 0) is 59.0 Å². The second-order valence-electron chi connectivity index (χ2n) is 19.2. The Balaban J connectivity index is 2.17. The molecule has 1 aliphatic rings. The van der Waals surface area contributed by atoms with Gasteiger partial charge < -0.3 is 61.4 Å². The van der Waals surface area contributed by atoms with Crippen LogP contribution in [-0.4, -0.2) is 165 Å². The maximum Gasteiger partial charge on any atom is 0.328 e. The molecule has 1 fully saturated rings. The summed E-state index contributed by atoms with van der Waals surface area (Å²) in [4.78, 5) is 109. The standard InChI is InChI=1S/C50H84N8O12/c1-13-31(6)43(57(10)48(64)42(30(4)5)56-47(63)41(52-9)29(2)3)38(68-11)28-40(60)58-25-17-21-37(58)44(69-12)32(7)45(61)55-36(27-34-19-15-14-16-20-34)46(62)53-24-18-26-70-50(67)33(8)54-39(59)23-22-35(51)49(65)66/h14-16,19-20,29-33,35-38,41-44,52H,13,17-18,21-28,51H2,1-12H3,(H,53,62)(H,54,59)(H,55,61)(H,56,63)(H,65,66)/t31-,32+,33-,35?,36-,37-,38+,41-,42-,43-,44+/m0/s1. The van der Waals surface area contributed by atoms with Gasteiger partial charge in [-0.15, -0.1) is 0 Å². The largest absolute Gasteiger partial charge is 0.480 e. The summed E-state index contributed by atoms with van der Waals surface area (Å²) in [6.45, 7) is 15.2. The zero-order chi connectivity index (χ0) is 52.8. The van der Waals surface area contributed by atoms with Crippen LogP contribution in [0.5, 0.6) is 0 Å².